The van der Waals surface area contributed by atoms with Crippen LogP contribution in [-0.2, 0) is 0 Å². The number of hydrogen-bond acceptors (Lipinski definition) is 3. The van der Waals surface area contributed by atoms with Crippen LogP contribution in [0, 0.1) is 6.92 Å². The highest BCUT2D eigenvalue weighted by Crippen LogP contribution is 2.23. The normalized spacial score (nSPS) is 10.6. The van der Waals surface area contributed by atoms with Gasteiger partial charge in [-0.05, 0) is 31.2 Å². The van der Waals surface area contributed by atoms with E-state index < -0.39 is 5.97 Å². The number of carboxylic acids is 1. The Bertz CT molecular complexity index is 761. The molecule has 3 aromatic rings. The molecule has 0 aliphatic rings. The van der Waals surface area contributed by atoms with Crippen molar-refractivity contribution < 1.29 is 9.90 Å². The van der Waals surface area contributed by atoms with Crippen LogP contribution in [0.2, 0.25) is 0 Å². The summed E-state index contributed by atoms with van der Waals surface area (Å²) in [5, 5.41) is 13.3. The quantitative estimate of drug-likeness (QED) is 0.775. The lowest BCUT2D eigenvalue weighted by Gasteiger charge is -2.06. The fourth-order valence-corrected chi connectivity index (χ4v) is 2.32. The van der Waals surface area contributed by atoms with Gasteiger partial charge in [0.1, 0.15) is 0 Å². The molecule has 1 aromatic heterocycles. The van der Waals surface area contributed by atoms with Crippen LogP contribution in [0.1, 0.15) is 16.2 Å². The Morgan fingerprint density at radius 3 is 2.32 bits per heavy atom. The summed E-state index contributed by atoms with van der Waals surface area (Å²) in [5.41, 5.74) is 2.68. The molecular formula is C16H12BrN3O2. The van der Waals surface area contributed by atoms with Crippen LogP contribution in [0.5, 0.6) is 0 Å². The van der Waals surface area contributed by atoms with Crippen molar-refractivity contribution in [3.05, 3.63) is 64.4 Å². The van der Waals surface area contributed by atoms with Gasteiger partial charge in [0.15, 0.2) is 5.82 Å². The molecule has 110 valence electrons. The van der Waals surface area contributed by atoms with E-state index in [0.29, 0.717) is 5.82 Å². The minimum atomic E-state index is -1.15. The van der Waals surface area contributed by atoms with Gasteiger partial charge in [-0.2, -0.15) is 0 Å². The summed E-state index contributed by atoms with van der Waals surface area (Å²) in [7, 11) is 0. The van der Waals surface area contributed by atoms with Crippen LogP contribution in [0.4, 0.5) is 0 Å². The number of aromatic carboxylic acids is 1. The fourth-order valence-electron chi connectivity index (χ4n) is 2.05. The second kappa shape index (κ2) is 5.73. The van der Waals surface area contributed by atoms with E-state index in [2.05, 4.69) is 26.0 Å². The van der Waals surface area contributed by atoms with Crippen LogP contribution in [0.15, 0.2) is 53.0 Å². The lowest BCUT2D eigenvalue weighted by molar-refractivity contribution is 0.0683. The number of nitrogens with zero attached hydrogens (tertiary/aromatic N) is 3. The molecular weight excluding hydrogens is 346 g/mol. The molecule has 5 nitrogen and oxygen atoms in total. The Kier molecular flexibility index (Phi) is 3.77. The van der Waals surface area contributed by atoms with E-state index in [0.717, 1.165) is 21.3 Å². The summed E-state index contributed by atoms with van der Waals surface area (Å²) in [6.07, 6.45) is 0. The van der Waals surface area contributed by atoms with Crippen LogP contribution in [0.3, 0.4) is 0 Å². The summed E-state index contributed by atoms with van der Waals surface area (Å²) in [4.78, 5) is 15.3. The second-order valence-corrected chi connectivity index (χ2v) is 5.73. The minimum Gasteiger partial charge on any atom is -0.475 e. The number of aromatic nitrogens is 3. The molecule has 0 fully saturated rings. The molecule has 0 unspecified atom stereocenters. The lowest BCUT2D eigenvalue weighted by Crippen LogP contribution is -2.02. The molecule has 0 aliphatic heterocycles. The summed E-state index contributed by atoms with van der Waals surface area (Å²) < 4.78 is 2.49. The zero-order valence-electron chi connectivity index (χ0n) is 11.7. The van der Waals surface area contributed by atoms with Crippen molar-refractivity contribution in [2.45, 2.75) is 6.92 Å². The molecule has 1 N–H and O–H groups in total. The minimum absolute atomic E-state index is 0.224. The Labute approximate surface area is 135 Å². The van der Waals surface area contributed by atoms with Crippen molar-refractivity contribution in [2.75, 3.05) is 0 Å². The Balaban J connectivity index is 2.17. The van der Waals surface area contributed by atoms with Crippen molar-refractivity contribution in [1.29, 1.82) is 0 Å². The van der Waals surface area contributed by atoms with Gasteiger partial charge in [-0.1, -0.05) is 45.8 Å². The summed E-state index contributed by atoms with van der Waals surface area (Å²) in [6.45, 7) is 1.99. The van der Waals surface area contributed by atoms with E-state index in [-0.39, 0.29) is 5.82 Å². The summed E-state index contributed by atoms with van der Waals surface area (Å²) in [5.74, 6) is -0.878. The highest BCUT2D eigenvalue weighted by Gasteiger charge is 2.17. The largest absolute Gasteiger partial charge is 0.475 e. The molecule has 0 saturated carbocycles. The van der Waals surface area contributed by atoms with E-state index in [1.54, 1.807) is 4.68 Å². The van der Waals surface area contributed by atoms with E-state index in [1.807, 2.05) is 55.5 Å². The van der Waals surface area contributed by atoms with Gasteiger partial charge in [-0.15, -0.1) is 5.10 Å². The Morgan fingerprint density at radius 2 is 1.73 bits per heavy atom. The zero-order valence-corrected chi connectivity index (χ0v) is 13.3. The maximum Gasteiger partial charge on any atom is 0.375 e. The van der Waals surface area contributed by atoms with Crippen LogP contribution in [-0.4, -0.2) is 25.8 Å². The number of aryl methyl sites for hydroxylation is 1. The predicted octanol–water partition coefficient (Wildman–Crippen LogP) is 3.70. The first-order chi connectivity index (χ1) is 10.5. The van der Waals surface area contributed by atoms with E-state index in [4.69, 9.17) is 5.11 Å². The van der Waals surface area contributed by atoms with Crippen molar-refractivity contribution in [3.63, 3.8) is 0 Å². The molecule has 0 saturated heterocycles. The van der Waals surface area contributed by atoms with Gasteiger partial charge >= 0.3 is 5.97 Å². The summed E-state index contributed by atoms with van der Waals surface area (Å²) >= 11 is 3.38. The Hall–Kier alpha value is -2.47. The third-order valence-corrected chi connectivity index (χ3v) is 3.71. The molecule has 0 atom stereocenters. The molecule has 0 radical (unpaired) electrons. The van der Waals surface area contributed by atoms with Gasteiger partial charge in [0, 0.05) is 10.0 Å². The number of halogens is 1. The van der Waals surface area contributed by atoms with Crippen LogP contribution in [0.25, 0.3) is 17.1 Å². The van der Waals surface area contributed by atoms with E-state index in [1.165, 1.54) is 0 Å². The number of rotatable bonds is 3. The van der Waals surface area contributed by atoms with Crippen molar-refractivity contribution in [1.82, 2.24) is 14.8 Å². The first kappa shape index (κ1) is 14.5. The average Bonchev–Trinajstić information content (AvgIpc) is 2.94. The third-order valence-electron chi connectivity index (χ3n) is 3.18. The molecule has 6 heteroatoms. The highest BCUT2D eigenvalue weighted by molar-refractivity contribution is 9.10. The predicted molar refractivity (Wildman–Crippen MR) is 86.2 cm³/mol. The first-order valence-corrected chi connectivity index (χ1v) is 7.37. The van der Waals surface area contributed by atoms with E-state index >= 15 is 0 Å². The van der Waals surface area contributed by atoms with Crippen molar-refractivity contribution in [3.8, 4) is 17.1 Å². The SMILES string of the molecule is Cc1ccc(-n2nc(C(=O)O)nc2-c2ccc(Br)cc2)cc1. The molecule has 22 heavy (non-hydrogen) atoms. The molecule has 2 aromatic carbocycles. The average molecular weight is 358 g/mol. The molecule has 3 rings (SSSR count). The van der Waals surface area contributed by atoms with Crippen LogP contribution < -0.4 is 0 Å². The molecule has 1 heterocycles. The molecule has 0 bridgehead atoms. The summed E-state index contributed by atoms with van der Waals surface area (Å²) in [6, 6.07) is 15.2. The number of benzene rings is 2. The fraction of sp³-hybridized carbons (Fsp3) is 0.0625. The lowest BCUT2D eigenvalue weighted by atomic mass is 10.2. The smallest absolute Gasteiger partial charge is 0.375 e. The van der Waals surface area contributed by atoms with Gasteiger partial charge in [0.25, 0.3) is 5.82 Å². The molecule has 0 amide bonds. The van der Waals surface area contributed by atoms with Crippen LogP contribution >= 0.6 is 15.9 Å². The molecule has 0 spiro atoms. The van der Waals surface area contributed by atoms with Crippen molar-refractivity contribution in [2.24, 2.45) is 0 Å². The zero-order chi connectivity index (χ0) is 15.7. The van der Waals surface area contributed by atoms with Gasteiger partial charge in [-0.3, -0.25) is 0 Å². The van der Waals surface area contributed by atoms with Crippen molar-refractivity contribution >= 4 is 21.9 Å². The number of carbonyl (C=O) groups is 1. The maximum absolute atomic E-state index is 11.2. The highest BCUT2D eigenvalue weighted by atomic mass is 79.9. The first-order valence-electron chi connectivity index (χ1n) is 6.58. The standard InChI is InChI=1S/C16H12BrN3O2/c1-10-2-8-13(9-3-10)20-15(18-14(19-20)16(21)22)11-4-6-12(17)7-5-11/h2-9H,1H3,(H,21,22). The van der Waals surface area contributed by atoms with Gasteiger partial charge in [0.2, 0.25) is 0 Å². The molecule has 0 aliphatic carbocycles. The third kappa shape index (κ3) is 2.78. The van der Waals surface area contributed by atoms with Gasteiger partial charge in [0.05, 0.1) is 5.69 Å². The Morgan fingerprint density at radius 1 is 1.09 bits per heavy atom. The second-order valence-electron chi connectivity index (χ2n) is 4.82. The van der Waals surface area contributed by atoms with Gasteiger partial charge in [-0.25, -0.2) is 14.5 Å². The maximum atomic E-state index is 11.2. The number of hydrogen-bond donors (Lipinski definition) is 1. The monoisotopic (exact) mass is 357 g/mol. The van der Waals surface area contributed by atoms with E-state index in [9.17, 15) is 4.79 Å². The topological polar surface area (TPSA) is 68.0 Å². The van der Waals surface area contributed by atoms with Gasteiger partial charge < -0.3 is 5.11 Å². The number of carboxylic acid groups (broad SMARTS) is 1.